The van der Waals surface area contributed by atoms with Crippen LogP contribution in [0.3, 0.4) is 0 Å². The monoisotopic (exact) mass is 339 g/mol. The number of carbonyl (C=O) groups excluding carboxylic acids is 1. The highest BCUT2D eigenvalue weighted by Crippen LogP contribution is 2.34. The van der Waals surface area contributed by atoms with Gasteiger partial charge in [0.05, 0.1) is 13.3 Å². The minimum absolute atomic E-state index is 0.0179. The van der Waals surface area contributed by atoms with Gasteiger partial charge in [-0.1, -0.05) is 12.1 Å². The molecule has 0 unspecified atom stereocenters. The summed E-state index contributed by atoms with van der Waals surface area (Å²) in [4.78, 5) is 20.5. The Morgan fingerprint density at radius 1 is 1.32 bits per heavy atom. The molecule has 0 atom stereocenters. The Balaban J connectivity index is 1.96. The number of imidazole rings is 1. The molecule has 1 amide bonds. The summed E-state index contributed by atoms with van der Waals surface area (Å²) in [5.74, 6) is 1.57. The zero-order chi connectivity index (χ0) is 17.6. The first kappa shape index (κ1) is 16.8. The molecule has 7 heteroatoms. The fourth-order valence-electron chi connectivity index (χ4n) is 2.68. The van der Waals surface area contributed by atoms with E-state index in [2.05, 4.69) is 20.6 Å². The maximum Gasteiger partial charge on any atom is 0.221 e. The van der Waals surface area contributed by atoms with Crippen molar-refractivity contribution in [3.63, 3.8) is 0 Å². The van der Waals surface area contributed by atoms with Gasteiger partial charge in [0.2, 0.25) is 5.91 Å². The second kappa shape index (κ2) is 7.65. The second-order valence-corrected chi connectivity index (χ2v) is 5.44. The largest absolute Gasteiger partial charge is 0.496 e. The lowest BCUT2D eigenvalue weighted by molar-refractivity contribution is -0.120. The highest BCUT2D eigenvalue weighted by atomic mass is 16.5. The van der Waals surface area contributed by atoms with E-state index in [1.54, 1.807) is 19.5 Å². The fraction of sp³-hybridized carbons (Fsp3) is 0.278. The standard InChI is InChI=1S/C18H21N5O2/c1-3-20-16(24)8-9-21-18-17(13-6-4-5-7-14(13)25-2)22-15-12-19-10-11-23(15)18/h4-7,10-12,21H,3,8-9H2,1-2H3,(H,20,24). The van der Waals surface area contributed by atoms with E-state index in [0.29, 0.717) is 19.5 Å². The van der Waals surface area contributed by atoms with Gasteiger partial charge in [-0.3, -0.25) is 14.2 Å². The summed E-state index contributed by atoms with van der Waals surface area (Å²) in [6.45, 7) is 3.04. The minimum atomic E-state index is 0.0179. The van der Waals surface area contributed by atoms with Crippen molar-refractivity contribution in [2.45, 2.75) is 13.3 Å². The van der Waals surface area contributed by atoms with E-state index in [1.165, 1.54) is 0 Å². The van der Waals surface area contributed by atoms with Gasteiger partial charge in [-0.25, -0.2) is 4.98 Å². The summed E-state index contributed by atoms with van der Waals surface area (Å²) in [6.07, 6.45) is 5.64. The SMILES string of the molecule is CCNC(=O)CCNc1c(-c2ccccc2OC)nc2cnccn12. The van der Waals surface area contributed by atoms with E-state index in [0.717, 1.165) is 28.5 Å². The van der Waals surface area contributed by atoms with Crippen molar-refractivity contribution >= 4 is 17.4 Å². The van der Waals surface area contributed by atoms with Crippen molar-refractivity contribution in [1.29, 1.82) is 0 Å². The third-order valence-corrected chi connectivity index (χ3v) is 3.81. The number of fused-ring (bicyclic) bond motifs is 1. The number of hydrogen-bond acceptors (Lipinski definition) is 5. The average molecular weight is 339 g/mol. The molecule has 130 valence electrons. The van der Waals surface area contributed by atoms with E-state index < -0.39 is 0 Å². The summed E-state index contributed by atoms with van der Waals surface area (Å²) in [5, 5.41) is 6.13. The highest BCUT2D eigenvalue weighted by molar-refractivity contribution is 5.81. The number of hydrogen-bond donors (Lipinski definition) is 2. The van der Waals surface area contributed by atoms with Crippen LogP contribution in [-0.4, -0.2) is 40.5 Å². The zero-order valence-corrected chi connectivity index (χ0v) is 14.3. The van der Waals surface area contributed by atoms with Gasteiger partial charge in [-0.05, 0) is 19.1 Å². The van der Waals surface area contributed by atoms with Crippen LogP contribution in [0.15, 0.2) is 42.9 Å². The maximum absolute atomic E-state index is 11.7. The van der Waals surface area contributed by atoms with Crippen LogP contribution >= 0.6 is 0 Å². The Morgan fingerprint density at radius 3 is 2.96 bits per heavy atom. The molecule has 0 fully saturated rings. The third-order valence-electron chi connectivity index (χ3n) is 3.81. The molecular formula is C18H21N5O2. The summed E-state index contributed by atoms with van der Waals surface area (Å²) >= 11 is 0. The van der Waals surface area contributed by atoms with Crippen molar-refractivity contribution in [3.8, 4) is 17.0 Å². The molecule has 25 heavy (non-hydrogen) atoms. The predicted molar refractivity (Wildman–Crippen MR) is 96.8 cm³/mol. The summed E-state index contributed by atoms with van der Waals surface area (Å²) < 4.78 is 7.39. The molecule has 2 aromatic heterocycles. The van der Waals surface area contributed by atoms with Crippen LogP contribution in [0.4, 0.5) is 5.82 Å². The second-order valence-electron chi connectivity index (χ2n) is 5.44. The van der Waals surface area contributed by atoms with Gasteiger partial charge in [-0.2, -0.15) is 0 Å². The molecule has 7 nitrogen and oxygen atoms in total. The Hall–Kier alpha value is -3.09. The molecule has 0 bridgehead atoms. The number of nitrogens with zero attached hydrogens (tertiary/aromatic N) is 3. The quantitative estimate of drug-likeness (QED) is 0.691. The molecule has 0 aliphatic heterocycles. The Bertz CT molecular complexity index is 875. The van der Waals surface area contributed by atoms with E-state index in [-0.39, 0.29) is 5.91 Å². The topological polar surface area (TPSA) is 80.5 Å². The molecule has 3 aromatic rings. The lowest BCUT2D eigenvalue weighted by Gasteiger charge is -2.11. The number of methoxy groups -OCH3 is 1. The molecule has 0 aliphatic rings. The minimum Gasteiger partial charge on any atom is -0.496 e. The van der Waals surface area contributed by atoms with E-state index in [4.69, 9.17) is 4.74 Å². The normalized spacial score (nSPS) is 10.6. The first-order valence-electron chi connectivity index (χ1n) is 8.20. The van der Waals surface area contributed by atoms with Crippen molar-refractivity contribution in [2.75, 3.05) is 25.5 Å². The first-order chi connectivity index (χ1) is 12.2. The molecule has 0 spiro atoms. The Labute approximate surface area is 146 Å². The molecule has 1 aromatic carbocycles. The van der Waals surface area contributed by atoms with Crippen molar-refractivity contribution in [2.24, 2.45) is 0 Å². The van der Waals surface area contributed by atoms with Crippen LogP contribution in [0.2, 0.25) is 0 Å². The highest BCUT2D eigenvalue weighted by Gasteiger charge is 2.17. The maximum atomic E-state index is 11.7. The van der Waals surface area contributed by atoms with Gasteiger partial charge in [-0.15, -0.1) is 0 Å². The first-order valence-corrected chi connectivity index (χ1v) is 8.20. The van der Waals surface area contributed by atoms with Crippen LogP contribution in [0.25, 0.3) is 16.9 Å². The molecular weight excluding hydrogens is 318 g/mol. The Kier molecular flexibility index (Phi) is 5.13. The number of aromatic nitrogens is 3. The zero-order valence-electron chi connectivity index (χ0n) is 14.3. The number of amides is 1. The lowest BCUT2D eigenvalue weighted by Crippen LogP contribution is -2.25. The van der Waals surface area contributed by atoms with Gasteiger partial charge in [0.25, 0.3) is 0 Å². The molecule has 0 radical (unpaired) electrons. The van der Waals surface area contributed by atoms with Crippen molar-refractivity contribution < 1.29 is 9.53 Å². The number of rotatable bonds is 7. The molecule has 0 saturated heterocycles. The van der Waals surface area contributed by atoms with Crippen LogP contribution in [0.5, 0.6) is 5.75 Å². The summed E-state index contributed by atoms with van der Waals surface area (Å²) in [7, 11) is 1.64. The van der Waals surface area contributed by atoms with Crippen molar-refractivity contribution in [3.05, 3.63) is 42.9 Å². The number of ether oxygens (including phenoxy) is 1. The lowest BCUT2D eigenvalue weighted by atomic mass is 10.1. The number of anilines is 1. The average Bonchev–Trinajstić information content (AvgIpc) is 3.00. The van der Waals surface area contributed by atoms with E-state index in [1.807, 2.05) is 41.8 Å². The van der Waals surface area contributed by atoms with E-state index >= 15 is 0 Å². The number of nitrogens with one attached hydrogen (secondary N) is 2. The van der Waals surface area contributed by atoms with Gasteiger partial charge in [0.15, 0.2) is 5.65 Å². The van der Waals surface area contributed by atoms with Gasteiger partial charge >= 0.3 is 0 Å². The fourth-order valence-corrected chi connectivity index (χ4v) is 2.68. The van der Waals surface area contributed by atoms with Crippen molar-refractivity contribution in [1.82, 2.24) is 19.7 Å². The van der Waals surface area contributed by atoms with Crippen LogP contribution in [0, 0.1) is 0 Å². The number of benzene rings is 1. The molecule has 2 heterocycles. The van der Waals surface area contributed by atoms with E-state index in [9.17, 15) is 4.79 Å². The Morgan fingerprint density at radius 2 is 2.16 bits per heavy atom. The number of para-hydroxylation sites is 1. The number of carbonyl (C=O) groups is 1. The summed E-state index contributed by atoms with van der Waals surface area (Å²) in [5.41, 5.74) is 2.37. The molecule has 0 aliphatic carbocycles. The van der Waals surface area contributed by atoms with Gasteiger partial charge in [0.1, 0.15) is 17.3 Å². The third kappa shape index (κ3) is 3.55. The summed E-state index contributed by atoms with van der Waals surface area (Å²) in [6, 6.07) is 7.72. The van der Waals surface area contributed by atoms with Crippen LogP contribution in [-0.2, 0) is 4.79 Å². The molecule has 0 saturated carbocycles. The molecule has 3 rings (SSSR count). The smallest absolute Gasteiger partial charge is 0.221 e. The predicted octanol–water partition coefficient (Wildman–Crippen LogP) is 2.34. The van der Waals surface area contributed by atoms with Crippen LogP contribution < -0.4 is 15.4 Å². The van der Waals surface area contributed by atoms with Gasteiger partial charge in [0, 0.05) is 37.5 Å². The van der Waals surface area contributed by atoms with Crippen LogP contribution in [0.1, 0.15) is 13.3 Å². The molecule has 2 N–H and O–H groups in total. The van der Waals surface area contributed by atoms with Gasteiger partial charge < -0.3 is 15.4 Å².